The lowest BCUT2D eigenvalue weighted by atomic mass is 9.78. The monoisotopic (exact) mass is 249 g/mol. The highest BCUT2D eigenvalue weighted by Crippen LogP contribution is 2.08. The molecule has 1 aromatic carbocycles. The van der Waals surface area contributed by atoms with Crippen LogP contribution in [0, 0.1) is 0 Å². The van der Waals surface area contributed by atoms with Crippen molar-refractivity contribution in [2.45, 2.75) is 39.8 Å². The van der Waals surface area contributed by atoms with Gasteiger partial charge in [-0.05, 0) is 36.4 Å². The second kappa shape index (κ2) is 6.77. The van der Waals surface area contributed by atoms with Crippen LogP contribution in [0.1, 0.15) is 27.7 Å². The van der Waals surface area contributed by atoms with Crippen LogP contribution >= 0.6 is 12.2 Å². The molecule has 2 nitrogen and oxygen atoms in total. The van der Waals surface area contributed by atoms with Gasteiger partial charge in [-0.15, -0.1) is 0 Å². The van der Waals surface area contributed by atoms with Crippen molar-refractivity contribution in [1.82, 2.24) is 4.81 Å². The Balaban J connectivity index is 2.78. The molecule has 0 fully saturated rings. The molecule has 0 heterocycles. The second-order valence-corrected chi connectivity index (χ2v) is 4.91. The van der Waals surface area contributed by atoms with E-state index in [-0.39, 0.29) is 0 Å². The van der Waals surface area contributed by atoms with E-state index in [0.29, 0.717) is 12.1 Å². The first-order chi connectivity index (χ1) is 8.04. The standard InChI is InChI=1S/C13H20BNOS/c1-10(2)15(11(3)4)14-12-6-5-7-13(8-12)16-9-17/h5-11,14H,1-4H3. The highest BCUT2D eigenvalue weighted by molar-refractivity contribution is 7.78. The SMILES string of the molecule is CC(C)N(Bc1cccc(OC=S)c1)C(C)C. The molecule has 1 rings (SSSR count). The molecule has 0 aliphatic carbocycles. The van der Waals surface area contributed by atoms with E-state index in [1.807, 2.05) is 18.2 Å². The van der Waals surface area contributed by atoms with Gasteiger partial charge in [0.15, 0.2) is 5.55 Å². The molecule has 0 bridgehead atoms. The smallest absolute Gasteiger partial charge is 0.239 e. The largest absolute Gasteiger partial charge is 0.454 e. The number of benzene rings is 1. The maximum absolute atomic E-state index is 5.22. The average Bonchev–Trinajstić information content (AvgIpc) is 2.26. The quantitative estimate of drug-likeness (QED) is 0.566. The Labute approximate surface area is 110 Å². The Hall–Kier alpha value is -0.865. The summed E-state index contributed by atoms with van der Waals surface area (Å²) in [5.41, 5.74) is 2.55. The maximum atomic E-state index is 5.22. The Morgan fingerprint density at radius 3 is 2.41 bits per heavy atom. The van der Waals surface area contributed by atoms with E-state index in [1.165, 1.54) is 11.0 Å². The van der Waals surface area contributed by atoms with Gasteiger partial charge in [-0.1, -0.05) is 45.3 Å². The van der Waals surface area contributed by atoms with Gasteiger partial charge in [0.1, 0.15) is 5.75 Å². The fourth-order valence-corrected chi connectivity index (χ4v) is 2.06. The highest BCUT2D eigenvalue weighted by Gasteiger charge is 2.15. The molecule has 0 aliphatic heterocycles. The zero-order chi connectivity index (χ0) is 12.8. The highest BCUT2D eigenvalue weighted by atomic mass is 32.1. The predicted octanol–water partition coefficient (Wildman–Crippen LogP) is 2.12. The van der Waals surface area contributed by atoms with Crippen LogP contribution in [0.4, 0.5) is 0 Å². The summed E-state index contributed by atoms with van der Waals surface area (Å²) in [5.74, 6) is 0.810. The van der Waals surface area contributed by atoms with Crippen molar-refractivity contribution < 1.29 is 4.74 Å². The van der Waals surface area contributed by atoms with Crippen molar-refractivity contribution in [1.29, 1.82) is 0 Å². The topological polar surface area (TPSA) is 12.5 Å². The molecule has 1 aromatic rings. The zero-order valence-corrected chi connectivity index (χ0v) is 11.8. The van der Waals surface area contributed by atoms with E-state index in [0.717, 1.165) is 13.2 Å². The lowest BCUT2D eigenvalue weighted by molar-refractivity contribution is 0.315. The van der Waals surface area contributed by atoms with E-state index < -0.39 is 0 Å². The van der Waals surface area contributed by atoms with Crippen molar-refractivity contribution in [3.8, 4) is 5.75 Å². The summed E-state index contributed by atoms with van der Waals surface area (Å²) < 4.78 is 5.22. The summed E-state index contributed by atoms with van der Waals surface area (Å²) in [5, 5.41) is 0. The third-order valence-corrected chi connectivity index (χ3v) is 2.87. The normalized spacial score (nSPS) is 11.0. The van der Waals surface area contributed by atoms with Crippen molar-refractivity contribution in [2.75, 3.05) is 0 Å². The third-order valence-electron chi connectivity index (χ3n) is 2.77. The Kier molecular flexibility index (Phi) is 5.65. The molecular weight excluding hydrogens is 229 g/mol. The van der Waals surface area contributed by atoms with Crippen LogP contribution in [0.2, 0.25) is 0 Å². The fourth-order valence-electron chi connectivity index (χ4n) is 1.94. The summed E-state index contributed by atoms with van der Waals surface area (Å²) in [4.78, 5) is 2.44. The van der Waals surface area contributed by atoms with Crippen LogP contribution in [0.5, 0.6) is 5.75 Å². The van der Waals surface area contributed by atoms with Gasteiger partial charge in [0.2, 0.25) is 7.41 Å². The van der Waals surface area contributed by atoms with Crippen molar-refractivity contribution >= 4 is 30.6 Å². The lowest BCUT2D eigenvalue weighted by Crippen LogP contribution is -2.45. The molecule has 0 aliphatic rings. The van der Waals surface area contributed by atoms with Crippen LogP contribution in [0.3, 0.4) is 0 Å². The number of hydrogen-bond acceptors (Lipinski definition) is 3. The molecule has 0 unspecified atom stereocenters. The summed E-state index contributed by atoms with van der Waals surface area (Å²) in [6.07, 6.45) is 0. The molecule has 0 saturated heterocycles. The first-order valence-corrected chi connectivity index (χ1v) is 6.46. The molecule has 4 heteroatoms. The molecule has 92 valence electrons. The van der Waals surface area contributed by atoms with Crippen LogP contribution in [0.15, 0.2) is 24.3 Å². The molecular formula is C13H20BNOS. The van der Waals surface area contributed by atoms with E-state index in [2.05, 4.69) is 38.6 Å². The number of rotatable bonds is 6. The first kappa shape index (κ1) is 14.2. The Morgan fingerprint density at radius 1 is 1.24 bits per heavy atom. The zero-order valence-electron chi connectivity index (χ0n) is 11.0. The molecule has 0 radical (unpaired) electrons. The number of nitrogens with zero attached hydrogens (tertiary/aromatic N) is 1. The number of ether oxygens (including phenoxy) is 1. The van der Waals surface area contributed by atoms with E-state index in [9.17, 15) is 0 Å². The Morgan fingerprint density at radius 2 is 1.88 bits per heavy atom. The van der Waals surface area contributed by atoms with Gasteiger partial charge in [0.25, 0.3) is 0 Å². The molecule has 0 amide bonds. The molecule has 0 saturated carbocycles. The van der Waals surface area contributed by atoms with Crippen LogP contribution in [0.25, 0.3) is 0 Å². The van der Waals surface area contributed by atoms with Crippen molar-refractivity contribution in [3.63, 3.8) is 0 Å². The molecule has 0 spiro atoms. The van der Waals surface area contributed by atoms with E-state index in [4.69, 9.17) is 17.0 Å². The summed E-state index contributed by atoms with van der Waals surface area (Å²) in [6, 6.07) is 9.15. The minimum atomic E-state index is 0.532. The van der Waals surface area contributed by atoms with Gasteiger partial charge in [0.05, 0.1) is 0 Å². The third kappa shape index (κ3) is 4.48. The molecule has 0 atom stereocenters. The molecule has 17 heavy (non-hydrogen) atoms. The van der Waals surface area contributed by atoms with Gasteiger partial charge in [-0.3, -0.25) is 0 Å². The summed E-state index contributed by atoms with van der Waals surface area (Å²) >= 11 is 4.69. The van der Waals surface area contributed by atoms with Crippen LogP contribution in [-0.4, -0.2) is 29.9 Å². The van der Waals surface area contributed by atoms with Gasteiger partial charge in [-0.2, -0.15) is 0 Å². The predicted molar refractivity (Wildman–Crippen MR) is 79.6 cm³/mol. The van der Waals surface area contributed by atoms with Gasteiger partial charge in [0, 0.05) is 0 Å². The van der Waals surface area contributed by atoms with Crippen molar-refractivity contribution in [3.05, 3.63) is 24.3 Å². The van der Waals surface area contributed by atoms with E-state index >= 15 is 0 Å². The second-order valence-electron chi connectivity index (χ2n) is 4.72. The Bertz CT molecular complexity index is 360. The van der Waals surface area contributed by atoms with Gasteiger partial charge < -0.3 is 9.55 Å². The fraction of sp³-hybridized carbons (Fsp3) is 0.462. The molecule has 0 N–H and O–H groups in total. The number of thiocarbonyl (C=S) groups is 1. The number of hydrogen-bond donors (Lipinski definition) is 0. The lowest BCUT2D eigenvalue weighted by Gasteiger charge is -2.30. The minimum Gasteiger partial charge on any atom is -0.454 e. The van der Waals surface area contributed by atoms with Gasteiger partial charge in [-0.25, -0.2) is 0 Å². The average molecular weight is 249 g/mol. The first-order valence-electron chi connectivity index (χ1n) is 5.99. The molecule has 0 aromatic heterocycles. The van der Waals surface area contributed by atoms with Gasteiger partial charge >= 0.3 is 0 Å². The van der Waals surface area contributed by atoms with Crippen LogP contribution in [-0.2, 0) is 0 Å². The summed E-state index contributed by atoms with van der Waals surface area (Å²) in [6.45, 7) is 8.88. The summed E-state index contributed by atoms with van der Waals surface area (Å²) in [7, 11) is 0.934. The van der Waals surface area contributed by atoms with Crippen molar-refractivity contribution in [2.24, 2.45) is 0 Å². The minimum absolute atomic E-state index is 0.532. The van der Waals surface area contributed by atoms with Crippen LogP contribution < -0.4 is 10.2 Å². The van der Waals surface area contributed by atoms with E-state index in [1.54, 1.807) is 0 Å². The maximum Gasteiger partial charge on any atom is 0.239 e.